The number of methoxy groups -OCH3 is 1. The van der Waals surface area contributed by atoms with Crippen molar-refractivity contribution in [1.29, 1.82) is 0 Å². The van der Waals surface area contributed by atoms with Gasteiger partial charge in [0.1, 0.15) is 11.8 Å². The van der Waals surface area contributed by atoms with E-state index in [1.165, 1.54) is 0 Å². The van der Waals surface area contributed by atoms with Gasteiger partial charge in [0.2, 0.25) is 5.91 Å². The van der Waals surface area contributed by atoms with Crippen LogP contribution >= 0.6 is 0 Å². The Morgan fingerprint density at radius 1 is 1.54 bits per heavy atom. The summed E-state index contributed by atoms with van der Waals surface area (Å²) in [5.41, 5.74) is 11.2. The lowest BCUT2D eigenvalue weighted by atomic mass is 10.1. The van der Waals surface area contributed by atoms with E-state index in [4.69, 9.17) is 16.2 Å². The molecule has 0 aromatic heterocycles. The molecule has 0 aliphatic carbocycles. The monoisotopic (exact) mass is 180 g/mol. The molecule has 4 N–H and O–H groups in total. The average molecular weight is 180 g/mol. The zero-order valence-corrected chi connectivity index (χ0v) is 7.36. The van der Waals surface area contributed by atoms with E-state index in [0.717, 1.165) is 0 Å². The molecule has 4 heteroatoms. The summed E-state index contributed by atoms with van der Waals surface area (Å²) >= 11 is 0. The maximum absolute atomic E-state index is 10.8. The minimum Gasteiger partial charge on any atom is -0.497 e. The fourth-order valence-electron chi connectivity index (χ4n) is 0.999. The maximum atomic E-state index is 10.8. The van der Waals surface area contributed by atoms with Crippen molar-refractivity contribution in [3.05, 3.63) is 29.8 Å². The van der Waals surface area contributed by atoms with Gasteiger partial charge in [0.15, 0.2) is 0 Å². The summed E-state index contributed by atoms with van der Waals surface area (Å²) in [6.45, 7) is 0. The molecule has 4 nitrogen and oxygen atoms in total. The lowest BCUT2D eigenvalue weighted by Gasteiger charge is -2.08. The minimum absolute atomic E-state index is 0.548. The van der Waals surface area contributed by atoms with Gasteiger partial charge in [-0.25, -0.2) is 0 Å². The number of benzene rings is 1. The van der Waals surface area contributed by atoms with Gasteiger partial charge in [-0.15, -0.1) is 0 Å². The van der Waals surface area contributed by atoms with Gasteiger partial charge < -0.3 is 16.2 Å². The van der Waals surface area contributed by atoms with Crippen LogP contribution in [0.1, 0.15) is 11.6 Å². The van der Waals surface area contributed by atoms with Gasteiger partial charge in [0, 0.05) is 0 Å². The van der Waals surface area contributed by atoms with E-state index in [2.05, 4.69) is 0 Å². The molecule has 0 spiro atoms. The Morgan fingerprint density at radius 3 is 2.77 bits per heavy atom. The van der Waals surface area contributed by atoms with Crippen LogP contribution in [0.5, 0.6) is 5.75 Å². The van der Waals surface area contributed by atoms with Gasteiger partial charge in [-0.3, -0.25) is 4.79 Å². The molecule has 0 heterocycles. The largest absolute Gasteiger partial charge is 0.497 e. The Hall–Kier alpha value is -1.55. The zero-order chi connectivity index (χ0) is 9.84. The van der Waals surface area contributed by atoms with Gasteiger partial charge in [0.05, 0.1) is 7.11 Å². The highest BCUT2D eigenvalue weighted by Gasteiger charge is 2.11. The second-order valence-corrected chi connectivity index (χ2v) is 2.66. The first-order valence-electron chi connectivity index (χ1n) is 3.84. The first kappa shape index (κ1) is 9.54. The van der Waals surface area contributed by atoms with Gasteiger partial charge in [-0.2, -0.15) is 0 Å². The lowest BCUT2D eigenvalue weighted by Crippen LogP contribution is -2.28. The Kier molecular flexibility index (Phi) is 2.87. The van der Waals surface area contributed by atoms with Gasteiger partial charge in [-0.1, -0.05) is 12.1 Å². The molecular formula is C9H12N2O2. The van der Waals surface area contributed by atoms with Crippen molar-refractivity contribution in [1.82, 2.24) is 0 Å². The van der Waals surface area contributed by atoms with E-state index < -0.39 is 11.9 Å². The Balaban J connectivity index is 2.94. The fraction of sp³-hybridized carbons (Fsp3) is 0.222. The third-order valence-corrected chi connectivity index (χ3v) is 1.76. The molecular weight excluding hydrogens is 168 g/mol. The molecule has 13 heavy (non-hydrogen) atoms. The van der Waals surface area contributed by atoms with E-state index in [-0.39, 0.29) is 0 Å². The first-order valence-corrected chi connectivity index (χ1v) is 3.84. The Morgan fingerprint density at radius 2 is 2.23 bits per heavy atom. The SMILES string of the molecule is COc1cccc([C@H](N)C(N)=O)c1. The lowest BCUT2D eigenvalue weighted by molar-refractivity contribution is -0.119. The Labute approximate surface area is 76.5 Å². The third kappa shape index (κ3) is 2.19. The maximum Gasteiger partial charge on any atom is 0.238 e. The third-order valence-electron chi connectivity index (χ3n) is 1.76. The molecule has 1 aromatic carbocycles. The van der Waals surface area contributed by atoms with Gasteiger partial charge >= 0.3 is 0 Å². The molecule has 0 bridgehead atoms. The summed E-state index contributed by atoms with van der Waals surface area (Å²) in [5, 5.41) is 0. The fourth-order valence-corrected chi connectivity index (χ4v) is 0.999. The number of carbonyl (C=O) groups excluding carboxylic acids is 1. The number of primary amides is 1. The van der Waals surface area contributed by atoms with Crippen LogP contribution in [0.4, 0.5) is 0 Å². The normalized spacial score (nSPS) is 12.2. The molecule has 0 saturated heterocycles. The highest BCUT2D eigenvalue weighted by Crippen LogP contribution is 2.16. The van der Waals surface area contributed by atoms with Crippen LogP contribution in [-0.2, 0) is 4.79 Å². The molecule has 70 valence electrons. The predicted molar refractivity (Wildman–Crippen MR) is 49.1 cm³/mol. The molecule has 0 saturated carbocycles. The number of carbonyl (C=O) groups is 1. The minimum atomic E-state index is -0.768. The number of nitrogens with two attached hydrogens (primary N) is 2. The first-order chi connectivity index (χ1) is 6.15. The number of rotatable bonds is 3. The molecule has 0 aliphatic rings. The summed E-state index contributed by atoms with van der Waals surface area (Å²) in [6.07, 6.45) is 0. The van der Waals surface area contributed by atoms with Crippen molar-refractivity contribution in [2.45, 2.75) is 6.04 Å². The molecule has 1 aromatic rings. The number of amides is 1. The quantitative estimate of drug-likeness (QED) is 0.696. The van der Waals surface area contributed by atoms with Crippen molar-refractivity contribution in [2.75, 3.05) is 7.11 Å². The second kappa shape index (κ2) is 3.91. The predicted octanol–water partition coefficient (Wildman–Crippen LogP) is 0.180. The summed E-state index contributed by atoms with van der Waals surface area (Å²) in [5.74, 6) is 0.113. The van der Waals surface area contributed by atoms with Crippen LogP contribution in [0.2, 0.25) is 0 Å². The molecule has 0 radical (unpaired) electrons. The summed E-state index contributed by atoms with van der Waals surface area (Å²) < 4.78 is 4.98. The van der Waals surface area contributed by atoms with Crippen molar-refractivity contribution in [2.24, 2.45) is 11.5 Å². The molecule has 0 aliphatic heterocycles. The van der Waals surface area contributed by atoms with E-state index >= 15 is 0 Å². The van der Waals surface area contributed by atoms with Gasteiger partial charge in [-0.05, 0) is 17.7 Å². The van der Waals surface area contributed by atoms with E-state index in [9.17, 15) is 4.79 Å². The van der Waals surface area contributed by atoms with Crippen LogP contribution in [0.3, 0.4) is 0 Å². The van der Waals surface area contributed by atoms with Crippen LogP contribution in [0.15, 0.2) is 24.3 Å². The second-order valence-electron chi connectivity index (χ2n) is 2.66. The highest BCUT2D eigenvalue weighted by molar-refractivity contribution is 5.81. The number of ether oxygens (including phenoxy) is 1. The molecule has 0 unspecified atom stereocenters. The molecule has 0 fully saturated rings. The van der Waals surface area contributed by atoms with Gasteiger partial charge in [0.25, 0.3) is 0 Å². The standard InChI is InChI=1S/C9H12N2O2/c1-13-7-4-2-3-6(5-7)8(10)9(11)12/h2-5,8H,10H2,1H3,(H2,11,12)/t8-/m0/s1. The van der Waals surface area contributed by atoms with E-state index in [1.54, 1.807) is 31.4 Å². The topological polar surface area (TPSA) is 78.3 Å². The van der Waals surface area contributed by atoms with E-state index in [0.29, 0.717) is 11.3 Å². The highest BCUT2D eigenvalue weighted by atomic mass is 16.5. The van der Waals surface area contributed by atoms with Crippen molar-refractivity contribution < 1.29 is 9.53 Å². The van der Waals surface area contributed by atoms with Crippen molar-refractivity contribution in [3.63, 3.8) is 0 Å². The van der Waals surface area contributed by atoms with Crippen molar-refractivity contribution in [3.8, 4) is 5.75 Å². The van der Waals surface area contributed by atoms with Crippen LogP contribution in [-0.4, -0.2) is 13.0 Å². The Bertz CT molecular complexity index is 312. The van der Waals surface area contributed by atoms with E-state index in [1.807, 2.05) is 0 Å². The zero-order valence-electron chi connectivity index (χ0n) is 7.36. The smallest absolute Gasteiger partial charge is 0.238 e. The van der Waals surface area contributed by atoms with Crippen LogP contribution in [0.25, 0.3) is 0 Å². The molecule has 1 rings (SSSR count). The van der Waals surface area contributed by atoms with Crippen LogP contribution in [0, 0.1) is 0 Å². The number of hydrogen-bond acceptors (Lipinski definition) is 3. The summed E-state index contributed by atoms with van der Waals surface area (Å²) in [6, 6.07) is 6.19. The number of hydrogen-bond donors (Lipinski definition) is 2. The van der Waals surface area contributed by atoms with Crippen molar-refractivity contribution >= 4 is 5.91 Å². The molecule has 1 atom stereocenters. The summed E-state index contributed by atoms with van der Waals surface area (Å²) in [7, 11) is 1.55. The molecule has 1 amide bonds. The average Bonchev–Trinajstić information content (AvgIpc) is 2.16. The summed E-state index contributed by atoms with van der Waals surface area (Å²) in [4.78, 5) is 10.8. The van der Waals surface area contributed by atoms with Crippen LogP contribution < -0.4 is 16.2 Å².